The highest BCUT2D eigenvalue weighted by Gasteiger charge is 2.34. The summed E-state index contributed by atoms with van der Waals surface area (Å²) < 4.78 is 15.0. The van der Waals surface area contributed by atoms with Crippen LogP contribution < -0.4 is 15.5 Å². The number of fused-ring (bicyclic) bond motifs is 1. The van der Waals surface area contributed by atoms with E-state index in [1.807, 2.05) is 32.0 Å². The van der Waals surface area contributed by atoms with Crippen molar-refractivity contribution in [1.29, 1.82) is 0 Å². The fourth-order valence-corrected chi connectivity index (χ4v) is 4.43. The minimum absolute atomic E-state index is 0.160. The Balaban J connectivity index is 1.56. The minimum Gasteiger partial charge on any atom is -0.347 e. The van der Waals surface area contributed by atoms with E-state index in [1.165, 1.54) is 17.3 Å². The summed E-state index contributed by atoms with van der Waals surface area (Å²) in [4.78, 5) is 40.0. The maximum Gasteiger partial charge on any atom is 0.321 e. The Morgan fingerprint density at radius 3 is 2.43 bits per heavy atom. The minimum atomic E-state index is -1.31. The van der Waals surface area contributed by atoms with Crippen molar-refractivity contribution >= 4 is 29.0 Å². The summed E-state index contributed by atoms with van der Waals surface area (Å²) in [6.45, 7) is 4.02. The topological polar surface area (TPSA) is 102 Å². The zero-order valence-electron chi connectivity index (χ0n) is 20.3. The van der Waals surface area contributed by atoms with Crippen molar-refractivity contribution in [2.75, 3.05) is 10.2 Å². The van der Waals surface area contributed by atoms with Gasteiger partial charge in [0.15, 0.2) is 0 Å². The number of nitrogens with one attached hydrogen (secondary N) is 3. The van der Waals surface area contributed by atoms with Crippen LogP contribution in [0, 0.1) is 19.7 Å². The van der Waals surface area contributed by atoms with Gasteiger partial charge in [-0.05, 0) is 55.3 Å². The summed E-state index contributed by atoms with van der Waals surface area (Å²) in [5.74, 6) is -0.951. The fourth-order valence-electron chi connectivity index (χ4n) is 4.43. The third kappa shape index (κ3) is 5.11. The van der Waals surface area contributed by atoms with Gasteiger partial charge in [0.2, 0.25) is 6.17 Å². The number of hydrogen-bond acceptors (Lipinski definition) is 4. The van der Waals surface area contributed by atoms with Crippen molar-refractivity contribution in [2.45, 2.75) is 26.6 Å². The molecule has 0 aliphatic carbocycles. The molecule has 0 bridgehead atoms. The maximum absolute atomic E-state index is 15.0. The highest BCUT2D eigenvalue weighted by molar-refractivity contribution is 6.20. The number of halogens is 1. The normalized spacial score (nSPS) is 15.0. The second kappa shape index (κ2) is 10.1. The van der Waals surface area contributed by atoms with Crippen LogP contribution in [0.1, 0.15) is 27.9 Å². The van der Waals surface area contributed by atoms with Crippen molar-refractivity contribution in [1.82, 2.24) is 15.3 Å². The molecular weight excluding hydrogens is 471 g/mol. The van der Waals surface area contributed by atoms with E-state index in [0.717, 1.165) is 11.1 Å². The van der Waals surface area contributed by atoms with Crippen molar-refractivity contribution < 1.29 is 14.0 Å². The van der Waals surface area contributed by atoms with Crippen molar-refractivity contribution in [3.05, 3.63) is 113 Å². The number of aromatic amines is 1. The van der Waals surface area contributed by atoms with Crippen LogP contribution >= 0.6 is 0 Å². The molecule has 3 amide bonds. The largest absolute Gasteiger partial charge is 0.347 e. The number of nitrogens with zero attached hydrogens (tertiary/aromatic N) is 3. The number of aromatic nitrogens is 2. The Labute approximate surface area is 213 Å². The summed E-state index contributed by atoms with van der Waals surface area (Å²) >= 11 is 0. The first-order valence-corrected chi connectivity index (χ1v) is 11.8. The first kappa shape index (κ1) is 23.9. The molecule has 0 radical (unpaired) electrons. The van der Waals surface area contributed by atoms with Crippen LogP contribution in [0.5, 0.6) is 0 Å². The van der Waals surface area contributed by atoms with E-state index in [4.69, 9.17) is 0 Å². The number of H-pyrrole nitrogens is 1. The molecule has 1 atom stereocenters. The predicted octanol–water partition coefficient (Wildman–Crippen LogP) is 4.70. The fraction of sp³-hybridized carbons (Fsp3) is 0.143. The molecule has 1 aromatic heterocycles. The SMILES string of the molecule is Cc1cc(C)cc(NC(=O)N[C@@H]2N=C(c3ccccc3F)c3ccccc3N(Cc3cnc[nH]3)C2=O)c1. The number of anilines is 2. The lowest BCUT2D eigenvalue weighted by molar-refractivity contribution is -0.120. The standard InChI is InChI=1S/C28H25FN6O2/c1-17-11-18(2)13-19(12-17)32-28(37)34-26-27(36)35(15-20-14-30-16-31-20)24-10-6-4-8-22(24)25(33-26)21-7-3-5-9-23(21)29/h3-14,16,26H,15H2,1-2H3,(H,30,31)(H2,32,34,37)/t26-/m0/s1. The number of para-hydroxylation sites is 1. The van der Waals surface area contributed by atoms with Crippen molar-refractivity contribution in [3.8, 4) is 0 Å². The second-order valence-corrected chi connectivity index (χ2v) is 8.85. The number of rotatable bonds is 5. The van der Waals surface area contributed by atoms with Gasteiger partial charge in [-0.25, -0.2) is 19.2 Å². The van der Waals surface area contributed by atoms with E-state index >= 15 is 0 Å². The van der Waals surface area contributed by atoms with Gasteiger partial charge in [0, 0.05) is 23.0 Å². The van der Waals surface area contributed by atoms with Crippen LogP contribution in [0.4, 0.5) is 20.6 Å². The molecular formula is C28H25FN6O2. The Morgan fingerprint density at radius 1 is 1.03 bits per heavy atom. The van der Waals surface area contributed by atoms with Gasteiger partial charge in [-0.15, -0.1) is 0 Å². The van der Waals surface area contributed by atoms with Gasteiger partial charge >= 0.3 is 6.03 Å². The number of benzodiazepines with no additional fused rings is 1. The van der Waals surface area contributed by atoms with Crippen LogP contribution in [0.3, 0.4) is 0 Å². The lowest BCUT2D eigenvalue weighted by Gasteiger charge is -2.25. The summed E-state index contributed by atoms with van der Waals surface area (Å²) in [6, 6.07) is 18.4. The summed E-state index contributed by atoms with van der Waals surface area (Å²) in [5.41, 5.74) is 4.87. The van der Waals surface area contributed by atoms with Gasteiger partial charge in [-0.3, -0.25) is 4.79 Å². The quantitative estimate of drug-likeness (QED) is 0.373. The Hall–Kier alpha value is -4.79. The molecule has 5 rings (SSSR count). The first-order valence-electron chi connectivity index (χ1n) is 11.8. The predicted molar refractivity (Wildman–Crippen MR) is 140 cm³/mol. The molecule has 2 heterocycles. The van der Waals surface area contributed by atoms with Crippen LogP contribution in [0.15, 0.2) is 84.2 Å². The summed E-state index contributed by atoms with van der Waals surface area (Å²) in [7, 11) is 0. The summed E-state index contributed by atoms with van der Waals surface area (Å²) in [6.07, 6.45) is 1.84. The molecule has 8 nitrogen and oxygen atoms in total. The number of aliphatic imine (C=N–C) groups is 1. The third-order valence-electron chi connectivity index (χ3n) is 5.97. The van der Waals surface area contributed by atoms with Gasteiger partial charge < -0.3 is 20.5 Å². The number of carbonyl (C=O) groups excluding carboxylic acids is 2. The average molecular weight is 497 g/mol. The monoisotopic (exact) mass is 496 g/mol. The van der Waals surface area contributed by atoms with Crippen molar-refractivity contribution in [2.24, 2.45) is 4.99 Å². The molecule has 0 saturated heterocycles. The summed E-state index contributed by atoms with van der Waals surface area (Å²) in [5, 5.41) is 5.46. The lowest BCUT2D eigenvalue weighted by atomic mass is 9.99. The highest BCUT2D eigenvalue weighted by atomic mass is 19.1. The average Bonchev–Trinajstić information content (AvgIpc) is 3.35. The van der Waals surface area contributed by atoms with Crippen LogP contribution in [0.25, 0.3) is 0 Å². The van der Waals surface area contributed by atoms with E-state index in [0.29, 0.717) is 22.6 Å². The molecule has 0 unspecified atom stereocenters. The van der Waals surface area contributed by atoms with Gasteiger partial charge in [0.05, 0.1) is 30.0 Å². The smallest absolute Gasteiger partial charge is 0.321 e. The highest BCUT2D eigenvalue weighted by Crippen LogP contribution is 2.30. The zero-order chi connectivity index (χ0) is 25.9. The Kier molecular flexibility index (Phi) is 6.51. The molecule has 0 spiro atoms. The van der Waals surface area contributed by atoms with E-state index in [9.17, 15) is 14.0 Å². The molecule has 186 valence electrons. The molecule has 3 aromatic carbocycles. The molecule has 3 N–H and O–H groups in total. The molecule has 0 fully saturated rings. The number of hydrogen-bond donors (Lipinski definition) is 3. The maximum atomic E-state index is 15.0. The van der Waals surface area contributed by atoms with Crippen LogP contribution in [0.2, 0.25) is 0 Å². The number of benzene rings is 3. The number of carbonyl (C=O) groups is 2. The van der Waals surface area contributed by atoms with Gasteiger partial charge in [-0.1, -0.05) is 36.4 Å². The van der Waals surface area contributed by atoms with Gasteiger partial charge in [0.25, 0.3) is 5.91 Å². The molecule has 4 aromatic rings. The van der Waals surface area contributed by atoms with Gasteiger partial charge in [-0.2, -0.15) is 0 Å². The number of imidazole rings is 1. The van der Waals surface area contributed by atoms with Crippen LogP contribution in [-0.2, 0) is 11.3 Å². The molecule has 9 heteroatoms. The molecule has 37 heavy (non-hydrogen) atoms. The van der Waals surface area contributed by atoms with E-state index < -0.39 is 23.9 Å². The zero-order valence-corrected chi connectivity index (χ0v) is 20.3. The lowest BCUT2D eigenvalue weighted by Crippen LogP contribution is -2.48. The number of amides is 3. The Bertz CT molecular complexity index is 1480. The van der Waals surface area contributed by atoms with E-state index in [2.05, 4.69) is 25.6 Å². The second-order valence-electron chi connectivity index (χ2n) is 8.85. The number of aryl methyl sites for hydroxylation is 2. The van der Waals surface area contributed by atoms with E-state index in [-0.39, 0.29) is 17.8 Å². The number of urea groups is 1. The molecule has 0 saturated carbocycles. The first-order chi connectivity index (χ1) is 17.9. The van der Waals surface area contributed by atoms with Gasteiger partial charge in [0.1, 0.15) is 5.82 Å². The van der Waals surface area contributed by atoms with Crippen molar-refractivity contribution in [3.63, 3.8) is 0 Å². The Morgan fingerprint density at radius 2 is 1.73 bits per heavy atom. The third-order valence-corrected chi connectivity index (χ3v) is 5.97. The van der Waals surface area contributed by atoms with Crippen LogP contribution in [-0.4, -0.2) is 33.8 Å². The molecule has 1 aliphatic rings. The molecule has 1 aliphatic heterocycles. The van der Waals surface area contributed by atoms with E-state index in [1.54, 1.807) is 48.7 Å².